The van der Waals surface area contributed by atoms with E-state index in [0.717, 1.165) is 47.3 Å². The highest BCUT2D eigenvalue weighted by Gasteiger charge is 2.28. The van der Waals surface area contributed by atoms with E-state index in [0.29, 0.717) is 36.6 Å². The molecule has 0 aliphatic carbocycles. The molecule has 49 heavy (non-hydrogen) atoms. The van der Waals surface area contributed by atoms with Crippen LogP contribution in [0.25, 0.3) is 0 Å². The van der Waals surface area contributed by atoms with Gasteiger partial charge in [0, 0.05) is 45.8 Å². The summed E-state index contributed by atoms with van der Waals surface area (Å²) in [5.41, 5.74) is 12.7. The van der Waals surface area contributed by atoms with E-state index in [1.54, 1.807) is 23.9 Å². The number of anilines is 6. The Morgan fingerprint density at radius 3 is 1.82 bits per heavy atom. The summed E-state index contributed by atoms with van der Waals surface area (Å²) < 4.78 is 8.37. The maximum Gasteiger partial charge on any atom is 0.319 e. The van der Waals surface area contributed by atoms with Gasteiger partial charge in [0.15, 0.2) is 23.0 Å². The molecule has 260 valence electrons. The normalized spacial score (nSPS) is 16.8. The molecule has 6 heterocycles. The van der Waals surface area contributed by atoms with Gasteiger partial charge in [0.1, 0.15) is 21.6 Å². The predicted molar refractivity (Wildman–Crippen MR) is 189 cm³/mol. The molecule has 9 N–H and O–H groups in total. The number of nitrogens with two attached hydrogens (primary N) is 2. The number of nitrogens with zero attached hydrogens (tertiary/aromatic N) is 8. The number of hydrogen-bond acceptors (Lipinski definition) is 16. The van der Waals surface area contributed by atoms with Crippen LogP contribution in [0.3, 0.4) is 0 Å². The van der Waals surface area contributed by atoms with E-state index in [1.807, 2.05) is 26.0 Å². The van der Waals surface area contributed by atoms with Gasteiger partial charge in [-0.05, 0) is 68.4 Å². The zero-order valence-electron chi connectivity index (χ0n) is 27.5. The Hall–Kier alpha value is -5.21. The predicted octanol–water partition coefficient (Wildman–Crippen LogP) is 2.11. The SMILES string of the molecule is Cc1cc(Nc2nc(N[C@@H]3CCN(C(=O)N(C)C)C3)cnc2C(N)=O)sn1.Cc1cc(Nc2nc(N[C@@H]3CCNC3)cnc2C(N)=O)sn1. The van der Waals surface area contributed by atoms with Gasteiger partial charge < -0.3 is 47.9 Å². The van der Waals surface area contributed by atoms with E-state index < -0.39 is 11.8 Å². The summed E-state index contributed by atoms with van der Waals surface area (Å²) in [4.78, 5) is 55.7. The molecule has 0 aromatic carbocycles. The first-order valence-electron chi connectivity index (χ1n) is 15.4. The molecule has 4 amide bonds. The number of aryl methyl sites for hydroxylation is 2. The first-order valence-corrected chi connectivity index (χ1v) is 16.9. The number of primary amides is 2. The summed E-state index contributed by atoms with van der Waals surface area (Å²) in [6, 6.07) is 4.07. The minimum atomic E-state index is -0.665. The lowest BCUT2D eigenvalue weighted by atomic mass is 10.2. The van der Waals surface area contributed by atoms with Crippen LogP contribution < -0.4 is 38.1 Å². The van der Waals surface area contributed by atoms with Gasteiger partial charge >= 0.3 is 6.03 Å². The second-order valence-corrected chi connectivity index (χ2v) is 13.2. The van der Waals surface area contributed by atoms with E-state index in [9.17, 15) is 14.4 Å². The Balaban J connectivity index is 0.000000195. The van der Waals surface area contributed by atoms with Crippen molar-refractivity contribution in [1.29, 1.82) is 0 Å². The van der Waals surface area contributed by atoms with Crippen LogP contribution >= 0.6 is 23.1 Å². The van der Waals surface area contributed by atoms with E-state index >= 15 is 0 Å². The van der Waals surface area contributed by atoms with Crippen LogP contribution in [0.15, 0.2) is 24.5 Å². The number of rotatable bonds is 10. The molecule has 4 aromatic rings. The quantitative estimate of drug-likeness (QED) is 0.125. The smallest absolute Gasteiger partial charge is 0.319 e. The molecule has 4 aromatic heterocycles. The summed E-state index contributed by atoms with van der Waals surface area (Å²) >= 11 is 2.55. The maximum absolute atomic E-state index is 12.1. The van der Waals surface area contributed by atoms with Crippen LogP contribution in [0.1, 0.15) is 45.2 Å². The highest BCUT2D eigenvalue weighted by atomic mass is 32.1. The minimum absolute atomic E-state index is 0.0163. The van der Waals surface area contributed by atoms with Crippen molar-refractivity contribution in [2.75, 3.05) is 61.5 Å². The zero-order chi connectivity index (χ0) is 35.1. The topological polar surface area (TPSA) is 247 Å². The Labute approximate surface area is 290 Å². The number of carbonyl (C=O) groups excluding carboxylic acids is 3. The van der Waals surface area contributed by atoms with E-state index in [1.165, 1.54) is 35.5 Å². The molecule has 18 nitrogen and oxygen atoms in total. The molecule has 0 unspecified atom stereocenters. The van der Waals surface area contributed by atoms with E-state index in [2.05, 4.69) is 55.3 Å². The summed E-state index contributed by atoms with van der Waals surface area (Å²) in [7, 11) is 3.46. The largest absolute Gasteiger partial charge is 0.365 e. The van der Waals surface area contributed by atoms with Gasteiger partial charge in [-0.3, -0.25) is 9.59 Å². The molecule has 20 heteroatoms. The van der Waals surface area contributed by atoms with Crippen LogP contribution in [-0.4, -0.2) is 109 Å². The van der Waals surface area contributed by atoms with Crippen molar-refractivity contribution < 1.29 is 14.4 Å². The number of nitrogens with one attached hydrogen (secondary N) is 5. The fourth-order valence-corrected chi connectivity index (χ4v) is 6.38. The second-order valence-electron chi connectivity index (χ2n) is 11.6. The Morgan fingerprint density at radius 1 is 0.857 bits per heavy atom. The molecule has 2 aliphatic heterocycles. The first kappa shape index (κ1) is 35.1. The zero-order valence-corrected chi connectivity index (χ0v) is 29.1. The molecule has 0 saturated carbocycles. The highest BCUT2D eigenvalue weighted by Crippen LogP contribution is 2.25. The number of carbonyl (C=O) groups is 3. The van der Waals surface area contributed by atoms with Gasteiger partial charge in [0.05, 0.1) is 23.8 Å². The molecular weight excluding hydrogens is 671 g/mol. The average molecular weight is 710 g/mol. The monoisotopic (exact) mass is 709 g/mol. The molecule has 2 aliphatic rings. The van der Waals surface area contributed by atoms with Crippen molar-refractivity contribution in [3.8, 4) is 0 Å². The third-order valence-electron chi connectivity index (χ3n) is 7.36. The van der Waals surface area contributed by atoms with Crippen molar-refractivity contribution in [3.05, 3.63) is 47.3 Å². The number of likely N-dealkylation sites (tertiary alicyclic amines) is 1. The molecule has 0 spiro atoms. The average Bonchev–Trinajstić information content (AvgIpc) is 3.88. The lowest BCUT2D eigenvalue weighted by Crippen LogP contribution is -2.38. The number of urea groups is 1. The summed E-state index contributed by atoms with van der Waals surface area (Å²) in [6.45, 7) is 6.89. The third-order valence-corrected chi connectivity index (χ3v) is 8.95. The minimum Gasteiger partial charge on any atom is -0.365 e. The van der Waals surface area contributed by atoms with Crippen LogP contribution in [0, 0.1) is 13.8 Å². The molecule has 0 bridgehead atoms. The van der Waals surface area contributed by atoms with Gasteiger partial charge in [0.25, 0.3) is 11.8 Å². The van der Waals surface area contributed by atoms with Crippen LogP contribution in [0.2, 0.25) is 0 Å². The van der Waals surface area contributed by atoms with Gasteiger partial charge in [-0.25, -0.2) is 24.7 Å². The van der Waals surface area contributed by atoms with Crippen molar-refractivity contribution in [2.45, 2.75) is 38.8 Å². The lowest BCUT2D eigenvalue weighted by Gasteiger charge is -2.21. The molecule has 2 saturated heterocycles. The number of hydrogen-bond donors (Lipinski definition) is 7. The maximum atomic E-state index is 12.1. The van der Waals surface area contributed by atoms with Crippen LogP contribution in [-0.2, 0) is 0 Å². The van der Waals surface area contributed by atoms with Crippen molar-refractivity contribution in [2.24, 2.45) is 11.5 Å². The van der Waals surface area contributed by atoms with Crippen LogP contribution in [0.4, 0.5) is 38.1 Å². The Morgan fingerprint density at radius 2 is 1.39 bits per heavy atom. The van der Waals surface area contributed by atoms with Gasteiger partial charge in [-0.1, -0.05) is 0 Å². The number of aromatic nitrogens is 6. The third kappa shape index (κ3) is 9.45. The van der Waals surface area contributed by atoms with Crippen LogP contribution in [0.5, 0.6) is 0 Å². The van der Waals surface area contributed by atoms with Gasteiger partial charge in [0.2, 0.25) is 0 Å². The summed E-state index contributed by atoms with van der Waals surface area (Å²) in [5.74, 6) is 0.449. The van der Waals surface area contributed by atoms with E-state index in [-0.39, 0.29) is 29.3 Å². The van der Waals surface area contributed by atoms with E-state index in [4.69, 9.17) is 11.5 Å². The van der Waals surface area contributed by atoms with Gasteiger partial charge in [-0.15, -0.1) is 0 Å². The highest BCUT2D eigenvalue weighted by molar-refractivity contribution is 7.10. The molecule has 0 radical (unpaired) electrons. The second kappa shape index (κ2) is 15.8. The van der Waals surface area contributed by atoms with Crippen molar-refractivity contribution >= 4 is 74.2 Å². The summed E-state index contributed by atoms with van der Waals surface area (Å²) in [5, 5.41) is 17.5. The Kier molecular flexibility index (Phi) is 11.3. The lowest BCUT2D eigenvalue weighted by molar-refractivity contribution is 0.0987. The fraction of sp³-hybridized carbons (Fsp3) is 0.414. The van der Waals surface area contributed by atoms with Crippen molar-refractivity contribution in [1.82, 2.24) is 43.8 Å². The first-order chi connectivity index (χ1) is 23.4. The standard InChI is InChI=1S/C16H22N8O2S.C13H17N7OS/c1-9-6-12(27-22-9)21-15-13(14(17)25)18-7-11(20-15)19-10-4-5-24(8-10)16(26)23(2)3;1-7-4-10(22-20-7)19-13-11(12(14)21)16-6-9(18-13)17-8-2-3-15-5-8/h6-7,10H,4-5,8H2,1-3H3,(H2,17,25)(H2,19,20,21);4,6,8,15H,2-3,5H2,1H3,(H2,14,21)(H2,17,18,19)/t10-;8-/m11/s1. The summed E-state index contributed by atoms with van der Waals surface area (Å²) in [6.07, 6.45) is 4.83. The van der Waals surface area contributed by atoms with Gasteiger partial charge in [-0.2, -0.15) is 8.75 Å². The molecule has 2 fully saturated rings. The molecular formula is C29H39N15O3S2. The Bertz CT molecular complexity index is 1790. The molecule has 6 rings (SSSR count). The van der Waals surface area contributed by atoms with Crippen molar-refractivity contribution in [3.63, 3.8) is 0 Å². The molecule has 2 atom stereocenters. The number of amides is 4. The fourth-order valence-electron chi connectivity index (χ4n) is 5.06.